The largest absolute Gasteiger partial charge is 0.398 e. The van der Waals surface area contributed by atoms with Crippen LogP contribution < -0.4 is 10.6 Å². The first-order valence-corrected chi connectivity index (χ1v) is 5.87. The lowest BCUT2D eigenvalue weighted by molar-refractivity contribution is 0.103. The molecule has 88 valence electrons. The van der Waals surface area contributed by atoms with Crippen LogP contribution in [0.15, 0.2) is 18.2 Å². The molecule has 2 unspecified atom stereocenters. The van der Waals surface area contributed by atoms with Gasteiger partial charge in [-0.25, -0.2) is 0 Å². The van der Waals surface area contributed by atoms with Crippen molar-refractivity contribution in [2.45, 2.75) is 26.4 Å². The Balaban J connectivity index is 2.22. The molecule has 2 rings (SSSR count). The maximum absolute atomic E-state index is 9.90. The highest BCUT2D eigenvalue weighted by Gasteiger charge is 2.25. The number of rotatable bonds is 1. The Morgan fingerprint density at radius 3 is 2.88 bits per heavy atom. The van der Waals surface area contributed by atoms with Crippen molar-refractivity contribution in [2.75, 3.05) is 23.7 Å². The fraction of sp³-hybridized carbons (Fsp3) is 0.538. The summed E-state index contributed by atoms with van der Waals surface area (Å²) in [6, 6.07) is 5.97. The van der Waals surface area contributed by atoms with Crippen LogP contribution in [0, 0.1) is 12.8 Å². The fourth-order valence-corrected chi connectivity index (χ4v) is 2.25. The molecule has 1 aromatic rings. The van der Waals surface area contributed by atoms with Crippen LogP contribution in [0.5, 0.6) is 0 Å². The Labute approximate surface area is 96.9 Å². The van der Waals surface area contributed by atoms with Crippen molar-refractivity contribution >= 4 is 11.4 Å². The highest BCUT2D eigenvalue weighted by molar-refractivity contribution is 5.64. The van der Waals surface area contributed by atoms with Gasteiger partial charge in [0.05, 0.1) is 6.10 Å². The number of nitrogen functional groups attached to an aromatic ring is 1. The van der Waals surface area contributed by atoms with E-state index in [1.807, 2.05) is 19.1 Å². The Morgan fingerprint density at radius 2 is 2.19 bits per heavy atom. The van der Waals surface area contributed by atoms with Gasteiger partial charge in [0.1, 0.15) is 0 Å². The zero-order valence-corrected chi connectivity index (χ0v) is 9.98. The van der Waals surface area contributed by atoms with E-state index in [1.54, 1.807) is 0 Å². The van der Waals surface area contributed by atoms with Gasteiger partial charge >= 0.3 is 0 Å². The number of aliphatic hydroxyl groups is 1. The van der Waals surface area contributed by atoms with Crippen molar-refractivity contribution in [1.29, 1.82) is 0 Å². The Morgan fingerprint density at radius 1 is 1.44 bits per heavy atom. The first kappa shape index (κ1) is 11.3. The molecule has 3 heteroatoms. The van der Waals surface area contributed by atoms with Gasteiger partial charge in [0.15, 0.2) is 0 Å². The third-order valence-corrected chi connectivity index (χ3v) is 3.61. The van der Waals surface area contributed by atoms with Gasteiger partial charge in [0, 0.05) is 24.5 Å². The number of benzene rings is 1. The maximum Gasteiger partial charge on any atom is 0.0741 e. The average Bonchev–Trinajstić information content (AvgIpc) is 2.26. The summed E-state index contributed by atoms with van der Waals surface area (Å²) in [4.78, 5) is 2.23. The van der Waals surface area contributed by atoms with Gasteiger partial charge < -0.3 is 15.7 Å². The van der Waals surface area contributed by atoms with Crippen molar-refractivity contribution < 1.29 is 5.11 Å². The van der Waals surface area contributed by atoms with E-state index in [2.05, 4.69) is 17.9 Å². The number of piperidine rings is 1. The Kier molecular flexibility index (Phi) is 3.06. The maximum atomic E-state index is 9.90. The quantitative estimate of drug-likeness (QED) is 0.709. The summed E-state index contributed by atoms with van der Waals surface area (Å²) in [5.41, 5.74) is 9.00. The molecule has 1 saturated heterocycles. The van der Waals surface area contributed by atoms with Gasteiger partial charge in [-0.05, 0) is 37.0 Å². The van der Waals surface area contributed by atoms with Gasteiger partial charge in [0.25, 0.3) is 0 Å². The average molecular weight is 220 g/mol. The lowest BCUT2D eigenvalue weighted by Crippen LogP contribution is -2.43. The number of hydrogen-bond donors (Lipinski definition) is 2. The van der Waals surface area contributed by atoms with Crippen LogP contribution in [0.3, 0.4) is 0 Å². The van der Waals surface area contributed by atoms with E-state index in [4.69, 9.17) is 5.73 Å². The SMILES string of the molecule is Cc1c(N)cccc1N1CCC(C)C(O)C1. The van der Waals surface area contributed by atoms with Crippen LogP contribution in [0.1, 0.15) is 18.9 Å². The molecule has 0 saturated carbocycles. The van der Waals surface area contributed by atoms with Crippen molar-refractivity contribution in [3.05, 3.63) is 23.8 Å². The summed E-state index contributed by atoms with van der Waals surface area (Å²) in [5, 5.41) is 9.90. The van der Waals surface area contributed by atoms with E-state index in [1.165, 1.54) is 0 Å². The first-order chi connectivity index (χ1) is 7.59. The molecular weight excluding hydrogens is 200 g/mol. The standard InChI is InChI=1S/C13H20N2O/c1-9-6-7-15(8-13(9)16)12-5-3-4-11(14)10(12)2/h3-5,9,13,16H,6-8,14H2,1-2H3. The molecule has 0 aliphatic carbocycles. The van der Waals surface area contributed by atoms with Crippen LogP contribution in [-0.2, 0) is 0 Å². The van der Waals surface area contributed by atoms with Crippen molar-refractivity contribution in [3.63, 3.8) is 0 Å². The topological polar surface area (TPSA) is 49.5 Å². The second kappa shape index (κ2) is 4.34. The fourth-order valence-electron chi connectivity index (χ4n) is 2.25. The highest BCUT2D eigenvalue weighted by atomic mass is 16.3. The number of nitrogens with zero attached hydrogens (tertiary/aromatic N) is 1. The molecule has 2 atom stereocenters. The normalized spacial score (nSPS) is 25.8. The van der Waals surface area contributed by atoms with E-state index in [0.29, 0.717) is 12.5 Å². The monoisotopic (exact) mass is 220 g/mol. The summed E-state index contributed by atoms with van der Waals surface area (Å²) in [7, 11) is 0. The molecule has 0 radical (unpaired) electrons. The van der Waals surface area contributed by atoms with Crippen LogP contribution in [-0.4, -0.2) is 24.3 Å². The third kappa shape index (κ3) is 2.00. The third-order valence-electron chi connectivity index (χ3n) is 3.61. The number of β-amino-alcohol motifs (C(OH)–C–C–N with tert-alkyl or cyclic N) is 1. The summed E-state index contributed by atoms with van der Waals surface area (Å²) >= 11 is 0. The predicted molar refractivity (Wildman–Crippen MR) is 67.6 cm³/mol. The number of nitrogens with two attached hydrogens (primary N) is 1. The van der Waals surface area contributed by atoms with Crippen molar-refractivity contribution in [3.8, 4) is 0 Å². The van der Waals surface area contributed by atoms with Crippen LogP contribution in [0.25, 0.3) is 0 Å². The number of hydrogen-bond acceptors (Lipinski definition) is 3. The van der Waals surface area contributed by atoms with Crippen LogP contribution in [0.4, 0.5) is 11.4 Å². The zero-order chi connectivity index (χ0) is 11.7. The van der Waals surface area contributed by atoms with E-state index in [0.717, 1.165) is 29.9 Å². The van der Waals surface area contributed by atoms with Gasteiger partial charge in [-0.2, -0.15) is 0 Å². The minimum atomic E-state index is -0.227. The van der Waals surface area contributed by atoms with Crippen molar-refractivity contribution in [2.24, 2.45) is 5.92 Å². The highest BCUT2D eigenvalue weighted by Crippen LogP contribution is 2.28. The summed E-state index contributed by atoms with van der Waals surface area (Å²) in [6.07, 6.45) is 0.810. The molecular formula is C13H20N2O. The van der Waals surface area contributed by atoms with E-state index in [-0.39, 0.29) is 6.10 Å². The molecule has 0 amide bonds. The first-order valence-electron chi connectivity index (χ1n) is 5.87. The minimum Gasteiger partial charge on any atom is -0.398 e. The molecule has 1 heterocycles. The minimum absolute atomic E-state index is 0.227. The summed E-state index contributed by atoms with van der Waals surface area (Å²) in [6.45, 7) is 5.86. The number of aliphatic hydroxyl groups excluding tert-OH is 1. The van der Waals surface area contributed by atoms with Gasteiger partial charge in [-0.15, -0.1) is 0 Å². The molecule has 3 N–H and O–H groups in total. The Bertz CT molecular complexity index is 378. The lowest BCUT2D eigenvalue weighted by atomic mass is 9.95. The molecule has 1 aromatic carbocycles. The molecule has 0 bridgehead atoms. The molecule has 16 heavy (non-hydrogen) atoms. The number of anilines is 2. The summed E-state index contributed by atoms with van der Waals surface area (Å²) < 4.78 is 0. The van der Waals surface area contributed by atoms with Crippen LogP contribution in [0.2, 0.25) is 0 Å². The molecule has 0 aromatic heterocycles. The van der Waals surface area contributed by atoms with E-state index < -0.39 is 0 Å². The lowest BCUT2D eigenvalue weighted by Gasteiger charge is -2.36. The van der Waals surface area contributed by atoms with Crippen LogP contribution >= 0.6 is 0 Å². The predicted octanol–water partition coefficient (Wildman–Crippen LogP) is 1.78. The molecule has 1 fully saturated rings. The second-order valence-electron chi connectivity index (χ2n) is 4.77. The van der Waals surface area contributed by atoms with E-state index in [9.17, 15) is 5.11 Å². The molecule has 1 aliphatic rings. The van der Waals surface area contributed by atoms with Gasteiger partial charge in [0.2, 0.25) is 0 Å². The molecule has 0 spiro atoms. The second-order valence-corrected chi connectivity index (χ2v) is 4.77. The van der Waals surface area contributed by atoms with Crippen molar-refractivity contribution in [1.82, 2.24) is 0 Å². The molecule has 3 nitrogen and oxygen atoms in total. The Hall–Kier alpha value is -1.22. The van der Waals surface area contributed by atoms with Gasteiger partial charge in [-0.3, -0.25) is 0 Å². The summed E-state index contributed by atoms with van der Waals surface area (Å²) in [5.74, 6) is 0.401. The smallest absolute Gasteiger partial charge is 0.0741 e. The van der Waals surface area contributed by atoms with E-state index >= 15 is 0 Å². The zero-order valence-electron chi connectivity index (χ0n) is 9.98. The van der Waals surface area contributed by atoms with Gasteiger partial charge in [-0.1, -0.05) is 13.0 Å². The molecule has 1 aliphatic heterocycles.